The van der Waals surface area contributed by atoms with Gasteiger partial charge in [0.1, 0.15) is 5.76 Å². The van der Waals surface area contributed by atoms with Crippen LogP contribution < -0.4 is 5.32 Å². The number of hydrogen-bond donors (Lipinski definition) is 1. The molecule has 1 amide bonds. The smallest absolute Gasteiger partial charge is 0.296 e. The number of aryl methyl sites for hydroxylation is 1. The van der Waals surface area contributed by atoms with E-state index in [0.717, 1.165) is 0 Å². The molecule has 1 aromatic rings. The van der Waals surface area contributed by atoms with Crippen LogP contribution in [0.5, 0.6) is 0 Å². The Morgan fingerprint density at radius 3 is 2.56 bits per heavy atom. The largest absolute Gasteiger partial charge is 0.457 e. The maximum absolute atomic E-state index is 11.7. The van der Waals surface area contributed by atoms with Crippen LogP contribution in [0.3, 0.4) is 0 Å². The maximum Gasteiger partial charge on any atom is 0.296 e. The number of amides is 1. The Morgan fingerprint density at radius 2 is 2.11 bits per heavy atom. The molecule has 1 N–H and O–H groups in total. The van der Waals surface area contributed by atoms with E-state index in [1.807, 2.05) is 0 Å². The number of hydrogen-bond acceptors (Lipinski definition) is 4. The molecule has 0 atom stereocenters. The molecule has 0 saturated carbocycles. The van der Waals surface area contributed by atoms with Crippen molar-refractivity contribution in [1.29, 1.82) is 0 Å². The van der Waals surface area contributed by atoms with Crippen molar-refractivity contribution < 1.29 is 18.8 Å². The molecule has 1 heterocycles. The molecule has 0 aliphatic rings. The van der Waals surface area contributed by atoms with E-state index < -0.39 is 17.2 Å². The number of rotatable bonds is 4. The first-order valence-corrected chi connectivity index (χ1v) is 5.21. The van der Waals surface area contributed by atoms with E-state index in [-0.39, 0.29) is 17.1 Å². The summed E-state index contributed by atoms with van der Waals surface area (Å²) in [5.41, 5.74) is -0.690. The molecule has 0 aliphatic carbocycles. The quantitative estimate of drug-likeness (QED) is 0.374. The highest BCUT2D eigenvalue weighted by Gasteiger charge is 2.26. The van der Waals surface area contributed by atoms with Crippen LogP contribution in [-0.2, 0) is 4.79 Å². The van der Waals surface area contributed by atoms with Crippen LogP contribution in [0, 0.1) is 19.3 Å². The van der Waals surface area contributed by atoms with Crippen molar-refractivity contribution in [3.05, 3.63) is 23.2 Å². The topological polar surface area (TPSA) is 76.4 Å². The molecule has 5 nitrogen and oxygen atoms in total. The molecule has 0 aromatic carbocycles. The van der Waals surface area contributed by atoms with Gasteiger partial charge in [-0.3, -0.25) is 14.4 Å². The molecule has 0 saturated heterocycles. The van der Waals surface area contributed by atoms with E-state index in [1.54, 1.807) is 13.8 Å². The highest BCUT2D eigenvalue weighted by Crippen LogP contribution is 2.13. The van der Waals surface area contributed by atoms with Crippen LogP contribution in [0.15, 0.2) is 10.5 Å². The van der Waals surface area contributed by atoms with E-state index in [4.69, 9.17) is 10.8 Å². The lowest BCUT2D eigenvalue weighted by atomic mass is 10.1. The van der Waals surface area contributed by atoms with E-state index in [9.17, 15) is 14.4 Å². The van der Waals surface area contributed by atoms with Gasteiger partial charge < -0.3 is 9.73 Å². The fourth-order valence-corrected chi connectivity index (χ4v) is 1.21. The monoisotopic (exact) mass is 247 g/mol. The van der Waals surface area contributed by atoms with Crippen LogP contribution in [0.4, 0.5) is 0 Å². The van der Waals surface area contributed by atoms with Gasteiger partial charge >= 0.3 is 0 Å². The fraction of sp³-hybridized carbons (Fsp3) is 0.308. The lowest BCUT2D eigenvalue weighted by Crippen LogP contribution is -2.45. The zero-order chi connectivity index (χ0) is 13.9. The Bertz CT molecular complexity index is 546. The fourth-order valence-electron chi connectivity index (χ4n) is 1.21. The number of carbonyl (C=O) groups is 3. The lowest BCUT2D eigenvalue weighted by Gasteiger charge is -2.18. The van der Waals surface area contributed by atoms with Gasteiger partial charge in [-0.2, -0.15) is 0 Å². The average molecular weight is 247 g/mol. The first kappa shape index (κ1) is 13.7. The van der Waals surface area contributed by atoms with Crippen molar-refractivity contribution in [3.63, 3.8) is 0 Å². The number of terminal acetylenes is 1. The molecule has 94 valence electrons. The van der Waals surface area contributed by atoms with Gasteiger partial charge in [0.15, 0.2) is 12.0 Å². The van der Waals surface area contributed by atoms with Gasteiger partial charge in [-0.25, -0.2) is 0 Å². The summed E-state index contributed by atoms with van der Waals surface area (Å²) in [5.74, 6) is 0.707. The van der Waals surface area contributed by atoms with Crippen LogP contribution in [0.25, 0.3) is 0 Å². The summed E-state index contributed by atoms with van der Waals surface area (Å²) in [6.07, 6.45) is 5.75. The van der Waals surface area contributed by atoms with Crippen LogP contribution in [0.2, 0.25) is 0 Å². The molecule has 0 radical (unpaired) electrons. The van der Waals surface area contributed by atoms with Gasteiger partial charge in [0, 0.05) is 0 Å². The molecule has 0 spiro atoms. The zero-order valence-electron chi connectivity index (χ0n) is 10.4. The second-order valence-corrected chi connectivity index (χ2v) is 4.29. The predicted octanol–water partition coefficient (Wildman–Crippen LogP) is 1.11. The number of ketones is 1. The summed E-state index contributed by atoms with van der Waals surface area (Å²) in [7, 11) is 0. The summed E-state index contributed by atoms with van der Waals surface area (Å²) < 4.78 is 5.04. The van der Waals surface area contributed by atoms with Crippen LogP contribution in [-0.4, -0.2) is 23.5 Å². The number of Topliss-reactive ketones (excluding diaryl/α,β-unsaturated/α-hetero) is 1. The van der Waals surface area contributed by atoms with Crippen molar-refractivity contribution in [2.75, 3.05) is 0 Å². The maximum atomic E-state index is 11.7. The normalized spacial score (nSPS) is 10.6. The molecule has 5 heteroatoms. The molecular formula is C13H13NO4. The van der Waals surface area contributed by atoms with E-state index >= 15 is 0 Å². The molecule has 0 fully saturated rings. The Morgan fingerprint density at radius 1 is 1.50 bits per heavy atom. The van der Waals surface area contributed by atoms with Gasteiger partial charge in [-0.1, -0.05) is 5.92 Å². The average Bonchev–Trinajstić information content (AvgIpc) is 2.69. The molecule has 18 heavy (non-hydrogen) atoms. The summed E-state index contributed by atoms with van der Waals surface area (Å²) in [6.45, 7) is 4.70. The van der Waals surface area contributed by atoms with Crippen molar-refractivity contribution in [1.82, 2.24) is 5.32 Å². The SMILES string of the molecule is C#CC(C)(C)NC(=O)C(=O)c1cc(C=O)c(C)o1. The van der Waals surface area contributed by atoms with Crippen LogP contribution in [0.1, 0.15) is 40.5 Å². The molecule has 0 bridgehead atoms. The predicted molar refractivity (Wildman–Crippen MR) is 64.2 cm³/mol. The molecule has 0 unspecified atom stereocenters. The summed E-state index contributed by atoms with van der Waals surface area (Å²) in [5, 5.41) is 2.38. The second kappa shape index (κ2) is 4.88. The number of aldehydes is 1. The minimum absolute atomic E-state index is 0.181. The van der Waals surface area contributed by atoms with Crippen molar-refractivity contribution >= 4 is 18.0 Å². The third-order valence-corrected chi connectivity index (χ3v) is 2.30. The summed E-state index contributed by atoms with van der Waals surface area (Å²) in [4.78, 5) is 34.0. The first-order valence-electron chi connectivity index (χ1n) is 5.21. The standard InChI is InChI=1S/C13H13NO4/c1-5-13(3,4)14-12(17)11(16)10-6-9(7-15)8(2)18-10/h1,6-7H,2-4H3,(H,14,17). The second-order valence-electron chi connectivity index (χ2n) is 4.29. The molecule has 1 aromatic heterocycles. The number of carbonyl (C=O) groups excluding carboxylic acids is 3. The van der Waals surface area contributed by atoms with E-state index in [2.05, 4.69) is 11.2 Å². The molecule has 1 rings (SSSR count). The van der Waals surface area contributed by atoms with Crippen molar-refractivity contribution in [2.24, 2.45) is 0 Å². The van der Waals surface area contributed by atoms with Crippen LogP contribution >= 0.6 is 0 Å². The Hall–Kier alpha value is -2.35. The lowest BCUT2D eigenvalue weighted by molar-refractivity contribution is -0.118. The third-order valence-electron chi connectivity index (χ3n) is 2.30. The minimum Gasteiger partial charge on any atom is -0.457 e. The Labute approximate surface area is 105 Å². The van der Waals surface area contributed by atoms with Gasteiger partial charge in [0.05, 0.1) is 11.1 Å². The van der Waals surface area contributed by atoms with E-state index in [1.165, 1.54) is 13.0 Å². The minimum atomic E-state index is -0.929. The zero-order valence-corrected chi connectivity index (χ0v) is 10.4. The first-order chi connectivity index (χ1) is 8.30. The summed E-state index contributed by atoms with van der Waals surface area (Å²) in [6, 6.07) is 1.23. The third kappa shape index (κ3) is 2.86. The highest BCUT2D eigenvalue weighted by molar-refractivity contribution is 6.42. The Kier molecular flexibility index (Phi) is 3.72. The van der Waals surface area contributed by atoms with E-state index in [0.29, 0.717) is 6.29 Å². The van der Waals surface area contributed by atoms with Crippen molar-refractivity contribution in [3.8, 4) is 12.3 Å². The molecule has 0 aliphatic heterocycles. The molecular weight excluding hydrogens is 234 g/mol. The number of furan rings is 1. The highest BCUT2D eigenvalue weighted by atomic mass is 16.3. The Balaban J connectivity index is 2.91. The van der Waals surface area contributed by atoms with Gasteiger partial charge in [0.25, 0.3) is 11.7 Å². The summed E-state index contributed by atoms with van der Waals surface area (Å²) >= 11 is 0. The van der Waals surface area contributed by atoms with Gasteiger partial charge in [-0.05, 0) is 26.8 Å². The van der Waals surface area contributed by atoms with Crippen molar-refractivity contribution in [2.45, 2.75) is 26.3 Å². The number of nitrogens with one attached hydrogen (secondary N) is 1. The van der Waals surface area contributed by atoms with Gasteiger partial charge in [0.2, 0.25) is 0 Å². The van der Waals surface area contributed by atoms with Gasteiger partial charge in [-0.15, -0.1) is 6.42 Å².